The van der Waals surface area contributed by atoms with Gasteiger partial charge in [0.2, 0.25) is 15.9 Å². The molecule has 7 nitrogen and oxygen atoms in total. The third kappa shape index (κ3) is 3.88. The Morgan fingerprint density at radius 1 is 1.23 bits per heavy atom. The Kier molecular flexibility index (Phi) is 5.56. The lowest BCUT2D eigenvalue weighted by molar-refractivity contribution is -0.116. The SMILES string of the molecule is CSc1cccc(NC(=O)CN(C)S(=O)(=O)c2cccc3nsnc23)c1. The average Bonchev–Trinajstić information content (AvgIpc) is 3.10. The zero-order valence-corrected chi connectivity index (χ0v) is 16.5. The smallest absolute Gasteiger partial charge is 0.245 e. The van der Waals surface area contributed by atoms with E-state index in [9.17, 15) is 13.2 Å². The number of benzene rings is 2. The molecular weight excluding hydrogens is 392 g/mol. The van der Waals surface area contributed by atoms with E-state index in [-0.39, 0.29) is 11.4 Å². The van der Waals surface area contributed by atoms with Gasteiger partial charge in [-0.15, -0.1) is 11.8 Å². The fourth-order valence-electron chi connectivity index (χ4n) is 2.35. The molecule has 0 aliphatic heterocycles. The van der Waals surface area contributed by atoms with Gasteiger partial charge in [0.15, 0.2) is 0 Å². The van der Waals surface area contributed by atoms with Crippen molar-refractivity contribution in [2.45, 2.75) is 9.79 Å². The first kappa shape index (κ1) is 18.8. The van der Waals surface area contributed by atoms with Gasteiger partial charge in [0.05, 0.1) is 18.3 Å². The Morgan fingerprint density at radius 2 is 2.00 bits per heavy atom. The van der Waals surface area contributed by atoms with Gasteiger partial charge < -0.3 is 5.32 Å². The van der Waals surface area contributed by atoms with Gasteiger partial charge >= 0.3 is 0 Å². The number of amides is 1. The van der Waals surface area contributed by atoms with Crippen molar-refractivity contribution in [2.24, 2.45) is 0 Å². The lowest BCUT2D eigenvalue weighted by atomic mass is 10.3. The number of rotatable bonds is 6. The third-order valence-electron chi connectivity index (χ3n) is 3.66. The number of likely N-dealkylation sites (N-methyl/N-ethyl adjacent to an activating group) is 1. The number of sulfonamides is 1. The van der Waals surface area contributed by atoms with Crippen LogP contribution in [0.4, 0.5) is 5.69 Å². The number of aromatic nitrogens is 2. The van der Waals surface area contributed by atoms with Gasteiger partial charge in [-0.25, -0.2) is 8.42 Å². The largest absolute Gasteiger partial charge is 0.325 e. The van der Waals surface area contributed by atoms with Crippen LogP contribution >= 0.6 is 23.5 Å². The van der Waals surface area contributed by atoms with Gasteiger partial charge in [-0.1, -0.05) is 12.1 Å². The van der Waals surface area contributed by atoms with Gasteiger partial charge in [-0.3, -0.25) is 4.79 Å². The summed E-state index contributed by atoms with van der Waals surface area (Å²) in [5.41, 5.74) is 1.46. The molecule has 0 saturated heterocycles. The molecule has 1 N–H and O–H groups in total. The Bertz CT molecular complexity index is 1050. The number of nitrogens with one attached hydrogen (secondary N) is 1. The summed E-state index contributed by atoms with van der Waals surface area (Å²) in [4.78, 5) is 13.3. The predicted octanol–water partition coefficient (Wildman–Crippen LogP) is 2.67. The molecule has 0 unspecified atom stereocenters. The minimum atomic E-state index is -3.86. The number of carbonyl (C=O) groups is 1. The molecule has 1 amide bonds. The summed E-state index contributed by atoms with van der Waals surface area (Å²) in [5, 5.41) is 2.72. The third-order valence-corrected chi connectivity index (χ3v) is 6.76. The summed E-state index contributed by atoms with van der Waals surface area (Å²) < 4.78 is 34.7. The topological polar surface area (TPSA) is 92.3 Å². The number of hydrogen-bond donors (Lipinski definition) is 1. The fourth-order valence-corrected chi connectivity index (χ4v) is 4.68. The van der Waals surface area contributed by atoms with E-state index in [1.165, 1.54) is 13.1 Å². The van der Waals surface area contributed by atoms with E-state index in [1.54, 1.807) is 30.0 Å². The molecule has 10 heteroatoms. The summed E-state index contributed by atoms with van der Waals surface area (Å²) in [7, 11) is -2.50. The summed E-state index contributed by atoms with van der Waals surface area (Å²) in [6, 6.07) is 12.1. The average molecular weight is 409 g/mol. The van der Waals surface area contributed by atoms with Crippen molar-refractivity contribution < 1.29 is 13.2 Å². The van der Waals surface area contributed by atoms with E-state index in [0.29, 0.717) is 16.7 Å². The van der Waals surface area contributed by atoms with Crippen LogP contribution in [-0.2, 0) is 14.8 Å². The summed E-state index contributed by atoms with van der Waals surface area (Å²) in [6.07, 6.45) is 1.94. The standard InChI is InChI=1S/C16H16N4O3S3/c1-20(10-15(21)17-11-5-3-6-12(9-11)24-2)26(22,23)14-8-4-7-13-16(14)19-25-18-13/h3-9H,10H2,1-2H3,(H,17,21). The molecule has 26 heavy (non-hydrogen) atoms. The van der Waals surface area contributed by atoms with E-state index in [1.807, 2.05) is 24.5 Å². The van der Waals surface area contributed by atoms with Crippen molar-refractivity contribution in [1.82, 2.24) is 13.1 Å². The quantitative estimate of drug-likeness (QED) is 0.631. The van der Waals surface area contributed by atoms with Crippen molar-refractivity contribution in [1.29, 1.82) is 0 Å². The van der Waals surface area contributed by atoms with Crippen molar-refractivity contribution in [3.63, 3.8) is 0 Å². The second-order valence-electron chi connectivity index (χ2n) is 5.43. The summed E-state index contributed by atoms with van der Waals surface area (Å²) in [5.74, 6) is -0.419. The zero-order chi connectivity index (χ0) is 18.7. The second-order valence-corrected chi connectivity index (χ2v) is 8.85. The van der Waals surface area contributed by atoms with Gasteiger partial charge in [0.1, 0.15) is 15.9 Å². The number of thioether (sulfide) groups is 1. The maximum Gasteiger partial charge on any atom is 0.245 e. The number of fused-ring (bicyclic) bond motifs is 1. The molecule has 136 valence electrons. The lowest BCUT2D eigenvalue weighted by Gasteiger charge is -2.17. The Morgan fingerprint density at radius 3 is 2.77 bits per heavy atom. The van der Waals surface area contributed by atoms with Crippen LogP contribution in [0.2, 0.25) is 0 Å². The first-order valence-electron chi connectivity index (χ1n) is 7.53. The maximum absolute atomic E-state index is 12.8. The molecule has 0 aliphatic carbocycles. The minimum absolute atomic E-state index is 0.0448. The number of carbonyl (C=O) groups excluding carboxylic acids is 1. The molecule has 1 aromatic heterocycles. The highest BCUT2D eigenvalue weighted by Gasteiger charge is 2.26. The molecular formula is C16H16N4O3S3. The highest BCUT2D eigenvalue weighted by Crippen LogP contribution is 2.24. The van der Waals surface area contributed by atoms with Crippen molar-refractivity contribution in [3.05, 3.63) is 42.5 Å². The summed E-state index contributed by atoms with van der Waals surface area (Å²) >= 11 is 2.51. The van der Waals surface area contributed by atoms with Crippen LogP contribution < -0.4 is 5.32 Å². The summed E-state index contributed by atoms with van der Waals surface area (Å²) in [6.45, 7) is -0.306. The molecule has 0 bridgehead atoms. The van der Waals surface area contributed by atoms with Crippen LogP contribution in [0.5, 0.6) is 0 Å². The molecule has 0 spiro atoms. The monoisotopic (exact) mass is 408 g/mol. The van der Waals surface area contributed by atoms with E-state index >= 15 is 0 Å². The molecule has 0 fully saturated rings. The van der Waals surface area contributed by atoms with E-state index in [4.69, 9.17) is 0 Å². The van der Waals surface area contributed by atoms with E-state index in [0.717, 1.165) is 20.9 Å². The second kappa shape index (κ2) is 7.70. The zero-order valence-electron chi connectivity index (χ0n) is 14.0. The van der Waals surface area contributed by atoms with E-state index in [2.05, 4.69) is 14.1 Å². The molecule has 1 heterocycles. The van der Waals surface area contributed by atoms with Crippen molar-refractivity contribution in [2.75, 3.05) is 25.2 Å². The number of nitrogens with zero attached hydrogens (tertiary/aromatic N) is 3. The van der Waals surface area contributed by atoms with Crippen molar-refractivity contribution >= 4 is 56.1 Å². The highest BCUT2D eigenvalue weighted by molar-refractivity contribution is 7.98. The normalized spacial score (nSPS) is 11.8. The van der Waals surface area contributed by atoms with Gasteiger partial charge in [0.25, 0.3) is 0 Å². The molecule has 0 atom stereocenters. The number of hydrogen-bond acceptors (Lipinski definition) is 7. The van der Waals surface area contributed by atoms with Crippen molar-refractivity contribution in [3.8, 4) is 0 Å². The first-order chi connectivity index (χ1) is 12.4. The fraction of sp³-hybridized carbons (Fsp3) is 0.188. The Labute approximate surface area is 159 Å². The van der Waals surface area contributed by atoms with E-state index < -0.39 is 15.9 Å². The van der Waals surface area contributed by atoms with Crippen LogP contribution in [0, 0.1) is 0 Å². The molecule has 0 radical (unpaired) electrons. The van der Waals surface area contributed by atoms with Crippen LogP contribution in [0.25, 0.3) is 11.0 Å². The Hall–Kier alpha value is -2.01. The first-order valence-corrected chi connectivity index (χ1v) is 10.9. The highest BCUT2D eigenvalue weighted by atomic mass is 32.2. The molecule has 3 aromatic rings. The molecule has 3 rings (SSSR count). The maximum atomic E-state index is 12.8. The van der Waals surface area contributed by atoms with Crippen LogP contribution in [0.1, 0.15) is 0 Å². The van der Waals surface area contributed by atoms with Crippen LogP contribution in [-0.4, -0.2) is 47.2 Å². The van der Waals surface area contributed by atoms with Crippen LogP contribution in [0.15, 0.2) is 52.3 Å². The van der Waals surface area contributed by atoms with Gasteiger partial charge in [-0.2, -0.15) is 13.1 Å². The van der Waals surface area contributed by atoms with Gasteiger partial charge in [-0.05, 0) is 36.6 Å². The molecule has 0 saturated carbocycles. The van der Waals surface area contributed by atoms with Gasteiger partial charge in [0, 0.05) is 17.6 Å². The predicted molar refractivity (Wildman–Crippen MR) is 104 cm³/mol. The molecule has 2 aromatic carbocycles. The minimum Gasteiger partial charge on any atom is -0.325 e. The lowest BCUT2D eigenvalue weighted by Crippen LogP contribution is -2.35. The number of anilines is 1. The molecule has 0 aliphatic rings. The van der Waals surface area contributed by atoms with Crippen LogP contribution in [0.3, 0.4) is 0 Å². The Balaban J connectivity index is 1.77.